The van der Waals surface area contributed by atoms with E-state index in [1.165, 1.54) is 0 Å². The summed E-state index contributed by atoms with van der Waals surface area (Å²) in [7, 11) is 2.02. The van der Waals surface area contributed by atoms with Crippen LogP contribution in [0.1, 0.15) is 38.9 Å². The van der Waals surface area contributed by atoms with E-state index in [0.29, 0.717) is 18.4 Å². The zero-order valence-electron chi connectivity index (χ0n) is 12.8. The largest absolute Gasteiger partial charge is 0.342 e. The number of hydrogen-bond acceptors (Lipinski definition) is 3. The summed E-state index contributed by atoms with van der Waals surface area (Å²) in [6, 6.07) is 0.484. The topological polar surface area (TPSA) is 50.2 Å². The van der Waals surface area contributed by atoms with Crippen LogP contribution in [-0.4, -0.2) is 39.5 Å². The molecule has 1 amide bonds. The van der Waals surface area contributed by atoms with E-state index in [1.807, 2.05) is 35.8 Å². The second-order valence-electron chi connectivity index (χ2n) is 5.59. The van der Waals surface area contributed by atoms with Crippen molar-refractivity contribution in [3.8, 4) is 0 Å². The lowest BCUT2D eigenvalue weighted by Gasteiger charge is -2.38. The number of nitrogens with one attached hydrogen (secondary N) is 1. The van der Waals surface area contributed by atoms with E-state index in [9.17, 15) is 4.79 Å². The van der Waals surface area contributed by atoms with Gasteiger partial charge in [0.05, 0.1) is 6.54 Å². The highest BCUT2D eigenvalue weighted by atomic mass is 16.2. The monoisotopic (exact) mass is 278 g/mol. The summed E-state index contributed by atoms with van der Waals surface area (Å²) in [6.07, 6.45) is 6.55. The Morgan fingerprint density at radius 2 is 2.30 bits per heavy atom. The van der Waals surface area contributed by atoms with Gasteiger partial charge in [-0.25, -0.2) is 4.98 Å². The van der Waals surface area contributed by atoms with Crippen molar-refractivity contribution in [3.63, 3.8) is 0 Å². The number of carbonyl (C=O) groups excluding carboxylic acids is 1. The smallest absolute Gasteiger partial charge is 0.222 e. The number of likely N-dealkylation sites (tertiary alicyclic amines) is 1. The van der Waals surface area contributed by atoms with Crippen LogP contribution in [0.4, 0.5) is 0 Å². The Kier molecular flexibility index (Phi) is 5.17. The molecule has 1 aromatic heterocycles. The number of aryl methyl sites for hydroxylation is 1. The van der Waals surface area contributed by atoms with Gasteiger partial charge >= 0.3 is 0 Å². The van der Waals surface area contributed by atoms with E-state index in [0.717, 1.165) is 38.3 Å². The molecule has 0 aromatic carbocycles. The zero-order valence-corrected chi connectivity index (χ0v) is 12.8. The van der Waals surface area contributed by atoms with Crippen molar-refractivity contribution in [2.45, 2.75) is 45.7 Å². The third-order valence-electron chi connectivity index (χ3n) is 4.36. The SMILES string of the molecule is CCC(=O)N1CCC(NCc2nccn2C)C(CC)C1. The summed E-state index contributed by atoms with van der Waals surface area (Å²) < 4.78 is 2.05. The molecule has 2 rings (SSSR count). The maximum Gasteiger partial charge on any atom is 0.222 e. The molecule has 0 saturated carbocycles. The summed E-state index contributed by atoms with van der Waals surface area (Å²) in [5, 5.41) is 3.62. The molecule has 1 N–H and O–H groups in total. The maximum absolute atomic E-state index is 11.8. The van der Waals surface area contributed by atoms with Gasteiger partial charge in [-0.05, 0) is 12.3 Å². The van der Waals surface area contributed by atoms with Gasteiger partial charge in [0, 0.05) is 45.0 Å². The van der Waals surface area contributed by atoms with Crippen molar-refractivity contribution >= 4 is 5.91 Å². The standard InChI is InChI=1S/C15H26N4O/c1-4-12-11-19(15(20)5-2)8-6-13(12)17-10-14-16-7-9-18(14)3/h7,9,12-13,17H,4-6,8,10-11H2,1-3H3. The summed E-state index contributed by atoms with van der Waals surface area (Å²) in [4.78, 5) is 18.2. The van der Waals surface area contributed by atoms with Crippen LogP contribution in [0.15, 0.2) is 12.4 Å². The molecule has 0 bridgehead atoms. The Morgan fingerprint density at radius 3 is 2.90 bits per heavy atom. The molecule has 5 nitrogen and oxygen atoms in total. The molecule has 5 heteroatoms. The quantitative estimate of drug-likeness (QED) is 0.889. The normalized spacial score (nSPS) is 23.1. The minimum absolute atomic E-state index is 0.283. The number of carbonyl (C=O) groups is 1. The first-order valence-electron chi connectivity index (χ1n) is 7.63. The molecule has 2 heterocycles. The highest BCUT2D eigenvalue weighted by Crippen LogP contribution is 2.21. The minimum atomic E-state index is 0.283. The van der Waals surface area contributed by atoms with Crippen LogP contribution in [0.3, 0.4) is 0 Å². The molecule has 112 valence electrons. The molecule has 0 spiro atoms. The summed E-state index contributed by atoms with van der Waals surface area (Å²) in [5.74, 6) is 1.89. The fraction of sp³-hybridized carbons (Fsp3) is 0.733. The Balaban J connectivity index is 1.89. The second-order valence-corrected chi connectivity index (χ2v) is 5.59. The third kappa shape index (κ3) is 3.39. The van der Waals surface area contributed by atoms with Crippen LogP contribution in [0, 0.1) is 5.92 Å². The molecular weight excluding hydrogens is 252 g/mol. The number of amides is 1. The second kappa shape index (κ2) is 6.88. The van der Waals surface area contributed by atoms with Crippen molar-refractivity contribution in [2.24, 2.45) is 13.0 Å². The summed E-state index contributed by atoms with van der Waals surface area (Å²) in [5.41, 5.74) is 0. The zero-order chi connectivity index (χ0) is 14.5. The van der Waals surface area contributed by atoms with E-state index in [1.54, 1.807) is 0 Å². The van der Waals surface area contributed by atoms with Crippen LogP contribution >= 0.6 is 0 Å². The molecule has 0 radical (unpaired) electrons. The van der Waals surface area contributed by atoms with Crippen LogP contribution in [0.5, 0.6) is 0 Å². The average Bonchev–Trinajstić information content (AvgIpc) is 2.89. The molecule has 1 aliphatic heterocycles. The van der Waals surface area contributed by atoms with Crippen molar-refractivity contribution in [2.75, 3.05) is 13.1 Å². The number of piperidine rings is 1. The summed E-state index contributed by atoms with van der Waals surface area (Å²) >= 11 is 0. The van der Waals surface area contributed by atoms with Crippen LogP contribution in [-0.2, 0) is 18.4 Å². The Labute approximate surface area is 121 Å². The van der Waals surface area contributed by atoms with E-state index in [2.05, 4.69) is 17.2 Å². The first-order chi connectivity index (χ1) is 9.65. The molecule has 0 aliphatic carbocycles. The molecule has 1 aromatic rings. The fourth-order valence-corrected chi connectivity index (χ4v) is 2.95. The van der Waals surface area contributed by atoms with Gasteiger partial charge in [-0.15, -0.1) is 0 Å². The van der Waals surface area contributed by atoms with Crippen molar-refractivity contribution in [3.05, 3.63) is 18.2 Å². The first-order valence-corrected chi connectivity index (χ1v) is 7.63. The van der Waals surface area contributed by atoms with Gasteiger partial charge in [0.15, 0.2) is 0 Å². The number of hydrogen-bond donors (Lipinski definition) is 1. The predicted octanol–water partition coefficient (Wildman–Crippen LogP) is 1.55. The van der Waals surface area contributed by atoms with Gasteiger partial charge < -0.3 is 14.8 Å². The lowest BCUT2D eigenvalue weighted by molar-refractivity contribution is -0.133. The highest BCUT2D eigenvalue weighted by Gasteiger charge is 2.29. The highest BCUT2D eigenvalue weighted by molar-refractivity contribution is 5.75. The van der Waals surface area contributed by atoms with Gasteiger partial charge in [0.1, 0.15) is 5.82 Å². The lowest BCUT2D eigenvalue weighted by Crippen LogP contribution is -2.50. The van der Waals surface area contributed by atoms with E-state index in [4.69, 9.17) is 0 Å². The number of imidazole rings is 1. The molecular formula is C15H26N4O. The third-order valence-corrected chi connectivity index (χ3v) is 4.36. The van der Waals surface area contributed by atoms with Crippen LogP contribution in [0.25, 0.3) is 0 Å². The minimum Gasteiger partial charge on any atom is -0.342 e. The van der Waals surface area contributed by atoms with Crippen LogP contribution < -0.4 is 5.32 Å². The van der Waals surface area contributed by atoms with Gasteiger partial charge in [-0.1, -0.05) is 20.3 Å². The van der Waals surface area contributed by atoms with Crippen molar-refractivity contribution < 1.29 is 4.79 Å². The lowest BCUT2D eigenvalue weighted by atomic mass is 9.89. The van der Waals surface area contributed by atoms with Gasteiger partial charge in [-0.3, -0.25) is 4.79 Å². The Hall–Kier alpha value is -1.36. The van der Waals surface area contributed by atoms with E-state index in [-0.39, 0.29) is 5.91 Å². The van der Waals surface area contributed by atoms with E-state index >= 15 is 0 Å². The van der Waals surface area contributed by atoms with Crippen molar-refractivity contribution in [1.29, 1.82) is 0 Å². The van der Waals surface area contributed by atoms with Gasteiger partial charge in [-0.2, -0.15) is 0 Å². The molecule has 2 atom stereocenters. The predicted molar refractivity (Wildman–Crippen MR) is 79.1 cm³/mol. The van der Waals surface area contributed by atoms with Crippen LogP contribution in [0.2, 0.25) is 0 Å². The summed E-state index contributed by atoms with van der Waals surface area (Å²) in [6.45, 7) is 6.71. The molecule has 2 unspecified atom stereocenters. The van der Waals surface area contributed by atoms with E-state index < -0.39 is 0 Å². The Bertz CT molecular complexity index is 443. The number of aromatic nitrogens is 2. The molecule has 20 heavy (non-hydrogen) atoms. The molecule has 1 fully saturated rings. The first kappa shape index (κ1) is 15.0. The van der Waals surface area contributed by atoms with Crippen molar-refractivity contribution in [1.82, 2.24) is 19.8 Å². The fourth-order valence-electron chi connectivity index (χ4n) is 2.95. The maximum atomic E-state index is 11.8. The number of rotatable bonds is 5. The Morgan fingerprint density at radius 1 is 1.50 bits per heavy atom. The molecule has 1 saturated heterocycles. The van der Waals surface area contributed by atoms with Gasteiger partial charge in [0.25, 0.3) is 0 Å². The van der Waals surface area contributed by atoms with Gasteiger partial charge in [0.2, 0.25) is 5.91 Å². The molecule has 1 aliphatic rings. The number of nitrogens with zero attached hydrogens (tertiary/aromatic N) is 3. The average molecular weight is 278 g/mol.